The van der Waals surface area contributed by atoms with E-state index in [1.54, 1.807) is 24.5 Å². The van der Waals surface area contributed by atoms with Gasteiger partial charge in [0, 0.05) is 48.8 Å². The molecular weight excluding hydrogens is 506 g/mol. The Morgan fingerprint density at radius 2 is 1.92 bits per heavy atom. The summed E-state index contributed by atoms with van der Waals surface area (Å²) in [5.74, 6) is -1.46. The largest absolute Gasteiger partial charge is 0.414 e. The summed E-state index contributed by atoms with van der Waals surface area (Å²) in [6.45, 7) is 11.9. The number of nitrogens with one attached hydrogen (secondary N) is 1. The monoisotopic (exact) mass is 542 g/mol. The minimum Gasteiger partial charge on any atom is -0.414 e. The number of benzene rings is 1. The fourth-order valence-electron chi connectivity index (χ4n) is 4.12. The van der Waals surface area contributed by atoms with Crippen LogP contribution in [0, 0.1) is 11.6 Å². The van der Waals surface area contributed by atoms with Crippen LogP contribution in [0.1, 0.15) is 45.2 Å². The molecule has 10 heteroatoms. The fraction of sp³-hybridized carbons (Fsp3) is 0.464. The van der Waals surface area contributed by atoms with Gasteiger partial charge in [-0.2, -0.15) is 0 Å². The zero-order valence-electron chi connectivity index (χ0n) is 22.6. The van der Waals surface area contributed by atoms with Crippen LogP contribution in [0.3, 0.4) is 0 Å². The molecule has 0 spiro atoms. The summed E-state index contributed by atoms with van der Waals surface area (Å²) in [5, 5.41) is 3.25. The van der Waals surface area contributed by atoms with Gasteiger partial charge in [0.25, 0.3) is 5.56 Å². The first-order valence-corrected chi connectivity index (χ1v) is 15.8. The first kappa shape index (κ1) is 28.1. The van der Waals surface area contributed by atoms with Crippen LogP contribution >= 0.6 is 0 Å². The van der Waals surface area contributed by atoms with Gasteiger partial charge in [0.2, 0.25) is 5.95 Å². The Hall–Kier alpha value is -2.95. The minimum absolute atomic E-state index is 0.0444. The molecule has 0 unspecified atom stereocenters. The summed E-state index contributed by atoms with van der Waals surface area (Å²) in [7, 11) is -2.23. The number of hydrogen-bond acceptors (Lipinski definition) is 6. The van der Waals surface area contributed by atoms with Crippen molar-refractivity contribution in [1.82, 2.24) is 14.5 Å². The Balaban J connectivity index is 1.65. The van der Waals surface area contributed by atoms with Gasteiger partial charge in [-0.1, -0.05) is 32.9 Å². The van der Waals surface area contributed by atoms with Crippen LogP contribution in [0.25, 0.3) is 11.3 Å². The normalized spacial score (nSPS) is 15.9. The van der Waals surface area contributed by atoms with Crippen molar-refractivity contribution >= 4 is 14.3 Å². The Morgan fingerprint density at radius 3 is 2.61 bits per heavy atom. The van der Waals surface area contributed by atoms with Crippen LogP contribution < -0.4 is 10.9 Å². The van der Waals surface area contributed by atoms with Crippen LogP contribution in [0.5, 0.6) is 0 Å². The molecule has 0 aliphatic carbocycles. The number of nitrogens with zero attached hydrogens (tertiary/aromatic N) is 3. The molecule has 2 aromatic heterocycles. The van der Waals surface area contributed by atoms with Gasteiger partial charge >= 0.3 is 0 Å². The molecule has 204 valence electrons. The summed E-state index contributed by atoms with van der Waals surface area (Å²) in [4.78, 5) is 22.3. The van der Waals surface area contributed by atoms with Crippen LogP contribution in [0.2, 0.25) is 18.1 Å². The van der Waals surface area contributed by atoms with Gasteiger partial charge in [-0.25, -0.2) is 18.7 Å². The summed E-state index contributed by atoms with van der Waals surface area (Å²) >= 11 is 0. The van der Waals surface area contributed by atoms with Gasteiger partial charge in [-0.15, -0.1) is 0 Å². The molecule has 0 amide bonds. The molecule has 38 heavy (non-hydrogen) atoms. The van der Waals surface area contributed by atoms with E-state index in [1.807, 2.05) is 0 Å². The topological polar surface area (TPSA) is 78.3 Å². The number of aromatic nitrogens is 3. The van der Waals surface area contributed by atoms with Crippen molar-refractivity contribution in [2.45, 2.75) is 63.8 Å². The van der Waals surface area contributed by atoms with Crippen molar-refractivity contribution in [3.05, 3.63) is 76.3 Å². The van der Waals surface area contributed by atoms with Gasteiger partial charge in [-0.05, 0) is 49.2 Å². The molecule has 3 aromatic rings. The summed E-state index contributed by atoms with van der Waals surface area (Å²) in [6.07, 6.45) is 4.99. The average molecular weight is 543 g/mol. The third-order valence-corrected chi connectivity index (χ3v) is 12.0. The quantitative estimate of drug-likeness (QED) is 0.363. The maximum atomic E-state index is 14.9. The highest BCUT2D eigenvalue weighted by atomic mass is 28.4. The smallest absolute Gasteiger partial charge is 0.251 e. The van der Waals surface area contributed by atoms with E-state index >= 15 is 0 Å². The zero-order chi connectivity index (χ0) is 27.5. The Labute approximate surface area is 223 Å². The highest BCUT2D eigenvalue weighted by Crippen LogP contribution is 2.37. The average Bonchev–Trinajstić information content (AvgIpc) is 2.87. The lowest BCUT2D eigenvalue weighted by molar-refractivity contribution is 0.0903. The minimum atomic E-state index is -2.23. The molecule has 7 nitrogen and oxygen atoms in total. The van der Waals surface area contributed by atoms with Crippen molar-refractivity contribution < 1.29 is 17.9 Å². The maximum Gasteiger partial charge on any atom is 0.251 e. The standard InChI is InChI=1S/C28H36F2N4O3Si/c1-28(2,3)38(4,5)37-18-24(21-7-6-8-22(29)26(21)30)34-14-10-19(17-25(34)35)23-9-13-31-27(33-23)32-20-11-15-36-16-12-20/h6-10,13-14,17,20,24H,11-12,15-16,18H2,1-5H3,(H,31,32,33)/t24-/m1/s1. The highest BCUT2D eigenvalue weighted by Gasteiger charge is 2.38. The summed E-state index contributed by atoms with van der Waals surface area (Å²) in [5.41, 5.74) is 0.897. The molecule has 0 radical (unpaired) electrons. The zero-order valence-corrected chi connectivity index (χ0v) is 23.6. The van der Waals surface area contributed by atoms with Gasteiger partial charge in [-0.3, -0.25) is 4.79 Å². The predicted octanol–water partition coefficient (Wildman–Crippen LogP) is 5.79. The second kappa shape index (κ2) is 11.4. The van der Waals surface area contributed by atoms with E-state index in [2.05, 4.69) is 49.1 Å². The van der Waals surface area contributed by atoms with Crippen molar-refractivity contribution in [1.29, 1.82) is 0 Å². The predicted molar refractivity (Wildman–Crippen MR) is 147 cm³/mol. The molecule has 1 N–H and O–H groups in total. The van der Waals surface area contributed by atoms with E-state index in [0.717, 1.165) is 18.9 Å². The molecule has 4 rings (SSSR count). The molecule has 1 saturated heterocycles. The van der Waals surface area contributed by atoms with Crippen molar-refractivity contribution in [2.75, 3.05) is 25.1 Å². The van der Waals surface area contributed by atoms with E-state index < -0.39 is 26.0 Å². The number of ether oxygens (including phenoxy) is 1. The fourth-order valence-corrected chi connectivity index (χ4v) is 5.13. The summed E-state index contributed by atoms with van der Waals surface area (Å²) < 4.78 is 42.3. The first-order valence-electron chi connectivity index (χ1n) is 12.9. The third kappa shape index (κ3) is 6.36. The van der Waals surface area contributed by atoms with Gasteiger partial charge < -0.3 is 19.0 Å². The number of rotatable bonds is 8. The Kier molecular flexibility index (Phi) is 8.44. The second-order valence-electron chi connectivity index (χ2n) is 11.2. The van der Waals surface area contributed by atoms with Crippen molar-refractivity contribution in [3.8, 4) is 11.3 Å². The lowest BCUT2D eigenvalue weighted by atomic mass is 10.1. The van der Waals surface area contributed by atoms with Gasteiger partial charge in [0.05, 0.1) is 18.3 Å². The SMILES string of the molecule is CC(C)(C)[Si](C)(C)OC[C@H](c1cccc(F)c1F)n1ccc(-c2ccnc(NC3CCOCC3)n2)cc1=O. The highest BCUT2D eigenvalue weighted by molar-refractivity contribution is 6.74. The molecule has 1 fully saturated rings. The van der Waals surface area contributed by atoms with Crippen LogP contribution in [-0.4, -0.2) is 48.7 Å². The van der Waals surface area contributed by atoms with Gasteiger partial charge in [0.15, 0.2) is 20.0 Å². The lowest BCUT2D eigenvalue weighted by Gasteiger charge is -2.37. The molecule has 1 aromatic carbocycles. The van der Waals surface area contributed by atoms with E-state index in [-0.39, 0.29) is 28.8 Å². The number of anilines is 1. The van der Waals surface area contributed by atoms with Crippen LogP contribution in [0.15, 0.2) is 53.6 Å². The third-order valence-electron chi connectivity index (χ3n) is 7.54. The van der Waals surface area contributed by atoms with E-state index in [9.17, 15) is 13.6 Å². The molecule has 1 aliphatic rings. The number of hydrogen-bond donors (Lipinski definition) is 1. The number of halogens is 2. The molecule has 3 heterocycles. The van der Waals surface area contributed by atoms with Crippen LogP contribution in [-0.2, 0) is 9.16 Å². The Bertz CT molecular complexity index is 1320. The maximum absolute atomic E-state index is 14.9. The molecule has 1 aliphatic heterocycles. The van der Waals surface area contributed by atoms with Crippen molar-refractivity contribution in [2.24, 2.45) is 0 Å². The lowest BCUT2D eigenvalue weighted by Crippen LogP contribution is -2.43. The Morgan fingerprint density at radius 1 is 1.18 bits per heavy atom. The molecule has 0 saturated carbocycles. The van der Waals surface area contributed by atoms with E-state index in [4.69, 9.17) is 9.16 Å². The first-order chi connectivity index (χ1) is 18.0. The van der Waals surface area contributed by atoms with Crippen LogP contribution in [0.4, 0.5) is 14.7 Å². The van der Waals surface area contributed by atoms with Crippen molar-refractivity contribution in [3.63, 3.8) is 0 Å². The summed E-state index contributed by atoms with van der Waals surface area (Å²) in [6, 6.07) is 8.34. The van der Waals surface area contributed by atoms with E-state index in [0.29, 0.717) is 30.4 Å². The number of pyridine rings is 1. The second-order valence-corrected chi connectivity index (χ2v) is 16.0. The molecule has 1 atom stereocenters. The van der Waals surface area contributed by atoms with E-state index in [1.165, 1.54) is 22.8 Å². The molecular formula is C28H36F2N4O3Si. The molecule has 0 bridgehead atoms. The van der Waals surface area contributed by atoms with Gasteiger partial charge in [0.1, 0.15) is 0 Å².